The van der Waals surface area contributed by atoms with Crippen molar-refractivity contribution >= 4 is 41.0 Å². The van der Waals surface area contributed by atoms with Gasteiger partial charge < -0.3 is 33.9 Å². The Morgan fingerprint density at radius 3 is 2.62 bits per heavy atom. The van der Waals surface area contributed by atoms with E-state index >= 15 is 0 Å². The number of amides is 1. The Hall–Kier alpha value is -3.12. The fourth-order valence-electron chi connectivity index (χ4n) is 6.55. The highest BCUT2D eigenvalue weighted by Crippen LogP contribution is 2.52. The number of carbonyl (C=O) groups is 3. The van der Waals surface area contributed by atoms with Crippen molar-refractivity contribution < 1.29 is 38.4 Å². The molecule has 1 aromatic rings. The third kappa shape index (κ3) is 4.74. The first kappa shape index (κ1) is 27.1. The van der Waals surface area contributed by atoms with Crippen LogP contribution in [0.1, 0.15) is 68.2 Å². The van der Waals surface area contributed by atoms with Crippen molar-refractivity contribution in [3.8, 4) is 0 Å². The highest BCUT2D eigenvalue weighted by atomic mass is 32.1. The molecule has 0 aromatic carbocycles. The van der Waals surface area contributed by atoms with Gasteiger partial charge in [-0.1, -0.05) is 13.3 Å². The summed E-state index contributed by atoms with van der Waals surface area (Å²) in [6.45, 7) is 7.59. The maximum absolute atomic E-state index is 13.6. The van der Waals surface area contributed by atoms with Crippen molar-refractivity contribution in [1.82, 2.24) is 9.80 Å². The molecule has 0 radical (unpaired) electrons. The van der Waals surface area contributed by atoms with E-state index in [-0.39, 0.29) is 29.7 Å². The van der Waals surface area contributed by atoms with Gasteiger partial charge in [-0.2, -0.15) is 0 Å². The number of rotatable bonds is 6. The highest BCUT2D eigenvalue weighted by Gasteiger charge is 2.60. The number of nitrogens with zero attached hydrogens (tertiary/aromatic N) is 3. The molecule has 1 aliphatic carbocycles. The predicted octanol–water partition coefficient (Wildman–Crippen LogP) is 3.39. The summed E-state index contributed by atoms with van der Waals surface area (Å²) in [5, 5.41) is 10.3. The first-order chi connectivity index (χ1) is 19.2. The number of β-lactam (4-membered cyclic amide) rings is 1. The number of carbonyl (C=O) groups excluding carboxylic acids is 3. The maximum Gasteiger partial charge on any atom is 0.511 e. The van der Waals surface area contributed by atoms with Crippen molar-refractivity contribution in [3.63, 3.8) is 0 Å². The standard InChI is InChI=1S/C28H35N3O8S/c1-14-21(19-11-17-12-30(13-20(17)40-19)27-29-9-10-36-27)24(31-23(14)22(15(2)32)25(31)33)26(34)37-16(3)38-28(35)39-18-7-5-4-6-8-18/h11,14-16,18,22-23,32H,4-10,12-13H2,1-3H3/t14-,15+,16?,22?,23+/m0/s1. The van der Waals surface area contributed by atoms with E-state index in [4.69, 9.17) is 18.9 Å². The Balaban J connectivity index is 1.21. The van der Waals surface area contributed by atoms with E-state index in [1.807, 2.05) is 6.92 Å². The number of amidine groups is 1. The van der Waals surface area contributed by atoms with E-state index in [1.165, 1.54) is 11.8 Å². The lowest BCUT2D eigenvalue weighted by Gasteiger charge is -2.46. The van der Waals surface area contributed by atoms with Gasteiger partial charge in [0.15, 0.2) is 0 Å². The fourth-order valence-corrected chi connectivity index (χ4v) is 7.88. The molecule has 1 aromatic heterocycles. The van der Waals surface area contributed by atoms with Gasteiger partial charge in [0.25, 0.3) is 6.02 Å². The molecule has 4 aliphatic heterocycles. The van der Waals surface area contributed by atoms with Crippen LogP contribution in [0, 0.1) is 11.8 Å². The molecule has 1 saturated carbocycles. The Bertz CT molecular complexity index is 1240. The van der Waals surface area contributed by atoms with Crippen LogP contribution >= 0.6 is 11.3 Å². The molecule has 5 aliphatic rings. The van der Waals surface area contributed by atoms with Crippen molar-refractivity contribution in [1.29, 1.82) is 0 Å². The second-order valence-corrected chi connectivity index (χ2v) is 12.3. The lowest BCUT2D eigenvalue weighted by atomic mass is 9.77. The molecule has 12 heteroatoms. The number of hydrogen-bond donors (Lipinski definition) is 1. The monoisotopic (exact) mass is 573 g/mol. The second-order valence-electron chi connectivity index (χ2n) is 11.2. The fraction of sp³-hybridized carbons (Fsp3) is 0.643. The zero-order valence-corrected chi connectivity index (χ0v) is 23.8. The van der Waals surface area contributed by atoms with Crippen molar-refractivity contribution in [3.05, 3.63) is 27.1 Å². The van der Waals surface area contributed by atoms with Crippen LogP contribution < -0.4 is 0 Å². The van der Waals surface area contributed by atoms with Crippen molar-refractivity contribution in [2.75, 3.05) is 13.2 Å². The summed E-state index contributed by atoms with van der Waals surface area (Å²) in [5.41, 5.74) is 1.99. The number of aliphatic hydroxyl groups excluding tert-OH is 1. The Labute approximate surface area is 236 Å². The first-order valence-electron chi connectivity index (χ1n) is 14.1. The van der Waals surface area contributed by atoms with Crippen LogP contribution in [0.2, 0.25) is 0 Å². The third-order valence-electron chi connectivity index (χ3n) is 8.41. The number of aliphatic hydroxyl groups is 1. The van der Waals surface area contributed by atoms with Gasteiger partial charge in [-0.3, -0.25) is 4.79 Å². The van der Waals surface area contributed by atoms with Crippen LogP contribution in [0.25, 0.3) is 5.57 Å². The maximum atomic E-state index is 13.6. The van der Waals surface area contributed by atoms with E-state index in [2.05, 4.69) is 16.0 Å². The van der Waals surface area contributed by atoms with Gasteiger partial charge in [-0.05, 0) is 44.2 Å². The summed E-state index contributed by atoms with van der Waals surface area (Å²) in [4.78, 5) is 49.0. The van der Waals surface area contributed by atoms with E-state index in [0.717, 1.165) is 47.4 Å². The van der Waals surface area contributed by atoms with Crippen molar-refractivity contribution in [2.45, 2.75) is 90.5 Å². The summed E-state index contributed by atoms with van der Waals surface area (Å²) in [6, 6.07) is 2.37. The summed E-state index contributed by atoms with van der Waals surface area (Å²) < 4.78 is 21.8. The molecular formula is C28H35N3O8S. The predicted molar refractivity (Wildman–Crippen MR) is 144 cm³/mol. The van der Waals surface area contributed by atoms with Crippen LogP contribution in [-0.4, -0.2) is 76.7 Å². The van der Waals surface area contributed by atoms with Gasteiger partial charge in [0.05, 0.1) is 31.2 Å². The number of ether oxygens (including phenoxy) is 4. The average molecular weight is 574 g/mol. The number of esters is 1. The van der Waals surface area contributed by atoms with Crippen molar-refractivity contribution in [2.24, 2.45) is 16.8 Å². The molecule has 11 nitrogen and oxygen atoms in total. The normalized spacial score (nSPS) is 27.4. The van der Waals surface area contributed by atoms with Gasteiger partial charge in [0, 0.05) is 34.7 Å². The summed E-state index contributed by atoms with van der Waals surface area (Å²) >= 11 is 1.57. The third-order valence-corrected chi connectivity index (χ3v) is 9.61. The number of thiophene rings is 1. The van der Waals surface area contributed by atoms with Gasteiger partial charge in [-0.25, -0.2) is 14.6 Å². The van der Waals surface area contributed by atoms with Crippen LogP contribution in [0.4, 0.5) is 4.79 Å². The zero-order valence-electron chi connectivity index (χ0n) is 23.0. The topological polar surface area (TPSA) is 127 Å². The Kier molecular flexibility index (Phi) is 7.24. The van der Waals surface area contributed by atoms with Gasteiger partial charge in [-0.15, -0.1) is 11.3 Å². The van der Waals surface area contributed by atoms with Crippen LogP contribution in [-0.2, 0) is 41.6 Å². The summed E-state index contributed by atoms with van der Waals surface area (Å²) in [6.07, 6.45) is 1.61. The lowest BCUT2D eigenvalue weighted by molar-refractivity contribution is -0.174. The highest BCUT2D eigenvalue weighted by molar-refractivity contribution is 7.13. The molecule has 1 N–H and O–H groups in total. The Morgan fingerprint density at radius 2 is 1.95 bits per heavy atom. The van der Waals surface area contributed by atoms with E-state index in [1.54, 1.807) is 18.3 Å². The molecule has 0 spiro atoms. The van der Waals surface area contributed by atoms with E-state index in [0.29, 0.717) is 37.8 Å². The molecule has 1 amide bonds. The molecular weight excluding hydrogens is 538 g/mol. The van der Waals surface area contributed by atoms with Crippen LogP contribution in [0.5, 0.6) is 0 Å². The van der Waals surface area contributed by atoms with Crippen LogP contribution in [0.3, 0.4) is 0 Å². The molecule has 40 heavy (non-hydrogen) atoms. The lowest BCUT2D eigenvalue weighted by Crippen LogP contribution is -2.63. The molecule has 1 saturated heterocycles. The van der Waals surface area contributed by atoms with Gasteiger partial charge >= 0.3 is 12.1 Å². The van der Waals surface area contributed by atoms with Gasteiger partial charge in [0.1, 0.15) is 18.4 Å². The number of aliphatic imine (C=N–C) groups is 1. The summed E-state index contributed by atoms with van der Waals surface area (Å²) in [7, 11) is 0. The average Bonchev–Trinajstić information content (AvgIpc) is 3.66. The molecule has 5 heterocycles. The zero-order chi connectivity index (χ0) is 28.1. The minimum Gasteiger partial charge on any atom is -0.463 e. The number of fused-ring (bicyclic) bond motifs is 2. The van der Waals surface area contributed by atoms with E-state index in [9.17, 15) is 19.5 Å². The molecule has 2 unspecified atom stereocenters. The molecule has 6 rings (SSSR count). The SMILES string of the molecule is CC(OC(=O)OC1CCCCC1)OC(=O)C1=C(c2cc3c(s2)CN(C2=NCCO2)C3)[C@H](C)[C@@H]2C([C@@H](C)O)C(=O)N12. The summed E-state index contributed by atoms with van der Waals surface area (Å²) in [5.74, 6) is -1.87. The Morgan fingerprint density at radius 1 is 1.18 bits per heavy atom. The van der Waals surface area contributed by atoms with E-state index < -0.39 is 30.4 Å². The first-order valence-corrected chi connectivity index (χ1v) is 14.9. The van der Waals surface area contributed by atoms with Gasteiger partial charge in [0.2, 0.25) is 12.2 Å². The quantitative estimate of drug-likeness (QED) is 0.309. The smallest absolute Gasteiger partial charge is 0.463 e. The molecule has 2 fully saturated rings. The molecule has 5 atom stereocenters. The minimum absolute atomic E-state index is 0.149. The second kappa shape index (κ2) is 10.7. The van der Waals surface area contributed by atoms with Crippen LogP contribution in [0.15, 0.2) is 16.8 Å². The largest absolute Gasteiger partial charge is 0.511 e. The molecule has 0 bridgehead atoms. The number of hydrogen-bond acceptors (Lipinski definition) is 11. The molecule has 216 valence electrons. The minimum atomic E-state index is -1.20.